The van der Waals surface area contributed by atoms with Gasteiger partial charge in [-0.2, -0.15) is 0 Å². The topological polar surface area (TPSA) is 44.5 Å². The van der Waals surface area contributed by atoms with Gasteiger partial charge in [-0.15, -0.1) is 0 Å². The molecule has 0 aromatic rings. The molecular weight excluding hydrogens is 226 g/mol. The molecule has 0 atom stereocenters. The molecule has 0 heterocycles. The second-order valence-corrected chi connectivity index (χ2v) is 6.30. The molecule has 0 aromatic carbocycles. The standard InChI is InChI=1S/C15H31NO2/c1-5-13-6-8-15(12-16,9-7-13)18-11-10-14(2,3)17-4/h13H,5-12,16H2,1-4H3. The van der Waals surface area contributed by atoms with E-state index in [2.05, 4.69) is 20.8 Å². The molecule has 0 unspecified atom stereocenters. The minimum Gasteiger partial charge on any atom is -0.379 e. The minimum atomic E-state index is -0.101. The van der Waals surface area contributed by atoms with Crippen LogP contribution in [0.5, 0.6) is 0 Å². The van der Waals surface area contributed by atoms with Crippen molar-refractivity contribution in [3.05, 3.63) is 0 Å². The van der Waals surface area contributed by atoms with E-state index in [9.17, 15) is 0 Å². The lowest BCUT2D eigenvalue weighted by Gasteiger charge is -2.39. The van der Waals surface area contributed by atoms with Crippen LogP contribution in [-0.2, 0) is 9.47 Å². The highest BCUT2D eigenvalue weighted by Crippen LogP contribution is 2.36. The number of rotatable bonds is 7. The summed E-state index contributed by atoms with van der Waals surface area (Å²) < 4.78 is 11.6. The van der Waals surface area contributed by atoms with E-state index in [-0.39, 0.29) is 11.2 Å². The predicted molar refractivity (Wildman–Crippen MR) is 75.7 cm³/mol. The maximum absolute atomic E-state index is 6.15. The van der Waals surface area contributed by atoms with E-state index >= 15 is 0 Å². The Kier molecular flexibility index (Phi) is 6.09. The van der Waals surface area contributed by atoms with Crippen molar-refractivity contribution in [2.75, 3.05) is 20.3 Å². The molecule has 0 saturated heterocycles. The number of ether oxygens (including phenoxy) is 2. The normalized spacial score (nSPS) is 29.5. The number of methoxy groups -OCH3 is 1. The Labute approximate surface area is 112 Å². The van der Waals surface area contributed by atoms with Crippen LogP contribution in [-0.4, -0.2) is 31.5 Å². The van der Waals surface area contributed by atoms with Gasteiger partial charge in [-0.3, -0.25) is 0 Å². The molecule has 1 fully saturated rings. The molecule has 0 spiro atoms. The van der Waals surface area contributed by atoms with E-state index in [0.29, 0.717) is 6.54 Å². The highest BCUT2D eigenvalue weighted by Gasteiger charge is 2.34. The van der Waals surface area contributed by atoms with Crippen molar-refractivity contribution in [2.45, 2.75) is 70.5 Å². The van der Waals surface area contributed by atoms with E-state index < -0.39 is 0 Å². The molecule has 1 aliphatic carbocycles. The fraction of sp³-hybridized carbons (Fsp3) is 1.00. The Morgan fingerprint density at radius 3 is 2.33 bits per heavy atom. The highest BCUT2D eigenvalue weighted by atomic mass is 16.5. The van der Waals surface area contributed by atoms with Crippen LogP contribution in [0.1, 0.15) is 59.3 Å². The molecule has 1 saturated carbocycles. The first kappa shape index (κ1) is 15.9. The average Bonchev–Trinajstić information content (AvgIpc) is 2.39. The van der Waals surface area contributed by atoms with Crippen LogP contribution >= 0.6 is 0 Å². The van der Waals surface area contributed by atoms with Crippen molar-refractivity contribution in [3.63, 3.8) is 0 Å². The summed E-state index contributed by atoms with van der Waals surface area (Å²) in [6.07, 6.45) is 6.98. The molecule has 3 nitrogen and oxygen atoms in total. The van der Waals surface area contributed by atoms with Crippen LogP contribution in [0.3, 0.4) is 0 Å². The Morgan fingerprint density at radius 1 is 1.28 bits per heavy atom. The Morgan fingerprint density at radius 2 is 1.89 bits per heavy atom. The molecule has 18 heavy (non-hydrogen) atoms. The van der Waals surface area contributed by atoms with E-state index in [0.717, 1.165) is 31.8 Å². The first-order chi connectivity index (χ1) is 8.47. The van der Waals surface area contributed by atoms with Crippen LogP contribution in [0, 0.1) is 5.92 Å². The maximum Gasteiger partial charge on any atom is 0.0804 e. The van der Waals surface area contributed by atoms with Gasteiger partial charge in [0, 0.05) is 13.7 Å². The van der Waals surface area contributed by atoms with Crippen molar-refractivity contribution >= 4 is 0 Å². The zero-order valence-corrected chi connectivity index (χ0v) is 12.6. The lowest BCUT2D eigenvalue weighted by molar-refractivity contribution is -0.0927. The summed E-state index contributed by atoms with van der Waals surface area (Å²) in [4.78, 5) is 0. The third kappa shape index (κ3) is 4.52. The van der Waals surface area contributed by atoms with Gasteiger partial charge in [0.05, 0.1) is 17.8 Å². The van der Waals surface area contributed by atoms with Crippen molar-refractivity contribution in [1.29, 1.82) is 0 Å². The summed E-state index contributed by atoms with van der Waals surface area (Å²) >= 11 is 0. The Bertz CT molecular complexity index is 233. The second kappa shape index (κ2) is 6.88. The summed E-state index contributed by atoms with van der Waals surface area (Å²) in [6.45, 7) is 7.87. The van der Waals surface area contributed by atoms with Gasteiger partial charge in [0.15, 0.2) is 0 Å². The smallest absolute Gasteiger partial charge is 0.0804 e. The molecule has 1 rings (SSSR count). The molecule has 0 radical (unpaired) electrons. The van der Waals surface area contributed by atoms with Gasteiger partial charge < -0.3 is 15.2 Å². The van der Waals surface area contributed by atoms with Crippen molar-refractivity contribution < 1.29 is 9.47 Å². The van der Waals surface area contributed by atoms with Crippen molar-refractivity contribution in [1.82, 2.24) is 0 Å². The van der Waals surface area contributed by atoms with Crippen LogP contribution in [0.2, 0.25) is 0 Å². The highest BCUT2D eigenvalue weighted by molar-refractivity contribution is 4.88. The van der Waals surface area contributed by atoms with Crippen LogP contribution in [0.4, 0.5) is 0 Å². The number of nitrogens with two attached hydrogens (primary N) is 1. The van der Waals surface area contributed by atoms with Crippen LogP contribution in [0.25, 0.3) is 0 Å². The molecule has 0 bridgehead atoms. The fourth-order valence-electron chi connectivity index (χ4n) is 2.63. The van der Waals surface area contributed by atoms with Gasteiger partial charge in [0.1, 0.15) is 0 Å². The van der Waals surface area contributed by atoms with Crippen LogP contribution in [0.15, 0.2) is 0 Å². The number of hydrogen-bond acceptors (Lipinski definition) is 3. The molecule has 2 N–H and O–H groups in total. The Balaban J connectivity index is 2.38. The zero-order chi connectivity index (χ0) is 13.6. The van der Waals surface area contributed by atoms with Gasteiger partial charge in [-0.05, 0) is 51.9 Å². The monoisotopic (exact) mass is 257 g/mol. The minimum absolute atomic E-state index is 0.0600. The summed E-state index contributed by atoms with van der Waals surface area (Å²) in [5.41, 5.74) is 5.79. The quantitative estimate of drug-likeness (QED) is 0.762. The molecule has 3 heteroatoms. The predicted octanol–water partition coefficient (Wildman–Crippen LogP) is 3.12. The van der Waals surface area contributed by atoms with Gasteiger partial charge in [0.25, 0.3) is 0 Å². The lowest BCUT2D eigenvalue weighted by Crippen LogP contribution is -2.44. The third-order valence-electron chi connectivity index (χ3n) is 4.63. The second-order valence-electron chi connectivity index (χ2n) is 6.30. The summed E-state index contributed by atoms with van der Waals surface area (Å²) in [7, 11) is 1.76. The molecule has 1 aliphatic rings. The average molecular weight is 257 g/mol. The lowest BCUT2D eigenvalue weighted by atomic mass is 9.77. The summed E-state index contributed by atoms with van der Waals surface area (Å²) in [5.74, 6) is 0.878. The number of hydrogen-bond donors (Lipinski definition) is 1. The zero-order valence-electron chi connectivity index (χ0n) is 12.6. The van der Waals surface area contributed by atoms with Crippen LogP contribution < -0.4 is 5.73 Å². The molecule has 108 valence electrons. The van der Waals surface area contributed by atoms with Crippen molar-refractivity contribution in [3.8, 4) is 0 Å². The fourth-order valence-corrected chi connectivity index (χ4v) is 2.63. The first-order valence-corrected chi connectivity index (χ1v) is 7.36. The molecular formula is C15H31NO2. The molecule has 0 amide bonds. The SMILES string of the molecule is CCC1CCC(CN)(OCCC(C)(C)OC)CC1. The van der Waals surface area contributed by atoms with Gasteiger partial charge in [-0.25, -0.2) is 0 Å². The van der Waals surface area contributed by atoms with E-state index in [1.165, 1.54) is 19.3 Å². The van der Waals surface area contributed by atoms with E-state index in [4.69, 9.17) is 15.2 Å². The van der Waals surface area contributed by atoms with Gasteiger partial charge in [-0.1, -0.05) is 13.3 Å². The molecule has 0 aromatic heterocycles. The summed E-state index contributed by atoms with van der Waals surface area (Å²) in [5, 5.41) is 0. The molecule has 0 aliphatic heterocycles. The van der Waals surface area contributed by atoms with E-state index in [1.807, 2.05) is 0 Å². The van der Waals surface area contributed by atoms with Gasteiger partial charge in [0.2, 0.25) is 0 Å². The largest absolute Gasteiger partial charge is 0.379 e. The van der Waals surface area contributed by atoms with Gasteiger partial charge >= 0.3 is 0 Å². The van der Waals surface area contributed by atoms with E-state index in [1.54, 1.807) is 7.11 Å². The summed E-state index contributed by atoms with van der Waals surface area (Å²) in [6, 6.07) is 0. The van der Waals surface area contributed by atoms with Crippen molar-refractivity contribution in [2.24, 2.45) is 11.7 Å². The third-order valence-corrected chi connectivity index (χ3v) is 4.63. The first-order valence-electron chi connectivity index (χ1n) is 7.36. The maximum atomic E-state index is 6.15. The Hall–Kier alpha value is -0.120.